The van der Waals surface area contributed by atoms with Crippen molar-refractivity contribution in [2.45, 2.75) is 37.8 Å². The van der Waals surface area contributed by atoms with Crippen LogP contribution >= 0.6 is 11.6 Å². The molecule has 1 amide bonds. The monoisotopic (exact) mass is 397 g/mol. The van der Waals surface area contributed by atoms with Gasteiger partial charge in [-0.3, -0.25) is 19.1 Å². The molecule has 2 N–H and O–H groups in total. The first-order valence-corrected chi connectivity index (χ1v) is 9.65. The number of aromatic nitrogens is 2. The van der Waals surface area contributed by atoms with Crippen molar-refractivity contribution >= 4 is 28.4 Å². The third kappa shape index (κ3) is 3.36. The van der Waals surface area contributed by atoms with Gasteiger partial charge in [0.1, 0.15) is 0 Å². The zero-order chi connectivity index (χ0) is 19.7. The lowest BCUT2D eigenvalue weighted by atomic mass is 9.71. The Balaban J connectivity index is 1.52. The van der Waals surface area contributed by atoms with E-state index >= 15 is 0 Å². The van der Waals surface area contributed by atoms with Crippen LogP contribution in [0.25, 0.3) is 10.9 Å². The summed E-state index contributed by atoms with van der Waals surface area (Å²) in [5.41, 5.74) is 0.285. The predicted molar refractivity (Wildman–Crippen MR) is 109 cm³/mol. The summed E-state index contributed by atoms with van der Waals surface area (Å²) in [4.78, 5) is 39.2. The average Bonchev–Trinajstić information content (AvgIpc) is 2.65. The zero-order valence-corrected chi connectivity index (χ0v) is 16.0. The first-order chi connectivity index (χ1) is 13.5. The Hall–Kier alpha value is -2.86. The number of benzene rings is 2. The van der Waals surface area contributed by atoms with Gasteiger partial charge in [-0.2, -0.15) is 0 Å². The van der Waals surface area contributed by atoms with Crippen LogP contribution in [0, 0.1) is 0 Å². The molecule has 6 nitrogen and oxygen atoms in total. The molecule has 1 fully saturated rings. The largest absolute Gasteiger partial charge is 0.347 e. The van der Waals surface area contributed by atoms with Crippen molar-refractivity contribution in [1.29, 1.82) is 0 Å². The number of H-pyrrole nitrogens is 1. The van der Waals surface area contributed by atoms with Gasteiger partial charge in [0.05, 0.1) is 16.4 Å². The molecule has 4 rings (SSSR count). The number of fused-ring (bicyclic) bond motifs is 1. The summed E-state index contributed by atoms with van der Waals surface area (Å²) in [5.74, 6) is -0.128. The Labute approximate surface area is 166 Å². The molecule has 0 spiro atoms. The molecule has 0 radical (unpaired) electrons. The van der Waals surface area contributed by atoms with Crippen molar-refractivity contribution in [2.24, 2.45) is 0 Å². The van der Waals surface area contributed by atoms with Crippen LogP contribution in [0.5, 0.6) is 0 Å². The second-order valence-electron chi connectivity index (χ2n) is 7.17. The molecule has 28 heavy (non-hydrogen) atoms. The summed E-state index contributed by atoms with van der Waals surface area (Å²) < 4.78 is 1.44. The maximum Gasteiger partial charge on any atom is 0.328 e. The van der Waals surface area contributed by atoms with E-state index in [0.29, 0.717) is 15.9 Å². The van der Waals surface area contributed by atoms with Gasteiger partial charge in [-0.15, -0.1) is 0 Å². The Morgan fingerprint density at radius 1 is 1.11 bits per heavy atom. The number of carbonyl (C=O) groups is 1. The lowest BCUT2D eigenvalue weighted by Crippen LogP contribution is -2.51. The number of nitrogens with one attached hydrogen (secondary N) is 2. The average molecular weight is 398 g/mol. The van der Waals surface area contributed by atoms with E-state index in [2.05, 4.69) is 10.3 Å². The van der Waals surface area contributed by atoms with Crippen LogP contribution in [0.2, 0.25) is 5.02 Å². The van der Waals surface area contributed by atoms with Crippen LogP contribution in [0.3, 0.4) is 0 Å². The molecule has 0 aliphatic heterocycles. The van der Waals surface area contributed by atoms with E-state index in [1.165, 1.54) is 4.57 Å². The van der Waals surface area contributed by atoms with E-state index in [0.717, 1.165) is 24.8 Å². The van der Waals surface area contributed by atoms with Crippen molar-refractivity contribution in [2.75, 3.05) is 0 Å². The summed E-state index contributed by atoms with van der Waals surface area (Å²) in [7, 11) is 0. The Morgan fingerprint density at radius 2 is 1.82 bits per heavy atom. The molecule has 2 aromatic carbocycles. The van der Waals surface area contributed by atoms with Gasteiger partial charge < -0.3 is 5.32 Å². The fourth-order valence-corrected chi connectivity index (χ4v) is 3.92. The minimum atomic E-state index is -0.507. The van der Waals surface area contributed by atoms with Crippen LogP contribution in [-0.4, -0.2) is 15.5 Å². The second kappa shape index (κ2) is 7.28. The van der Waals surface area contributed by atoms with E-state index in [4.69, 9.17) is 11.6 Å². The minimum absolute atomic E-state index is 0.128. The number of nitrogens with zero attached hydrogens (tertiary/aromatic N) is 1. The van der Waals surface area contributed by atoms with Crippen molar-refractivity contribution in [3.63, 3.8) is 0 Å². The Kier molecular flexibility index (Phi) is 4.81. The second-order valence-corrected chi connectivity index (χ2v) is 7.61. The highest BCUT2D eigenvalue weighted by molar-refractivity contribution is 6.30. The summed E-state index contributed by atoms with van der Waals surface area (Å²) in [6.45, 7) is 0.193. The van der Waals surface area contributed by atoms with Gasteiger partial charge in [0, 0.05) is 18.0 Å². The van der Waals surface area contributed by atoms with E-state index in [1.807, 2.05) is 24.3 Å². The molecule has 7 heteroatoms. The van der Waals surface area contributed by atoms with Crippen LogP contribution in [0.1, 0.15) is 31.2 Å². The highest BCUT2D eigenvalue weighted by Crippen LogP contribution is 2.41. The number of halogens is 1. The molecule has 1 aliphatic rings. The summed E-state index contributed by atoms with van der Waals surface area (Å²) >= 11 is 5.97. The molecule has 0 saturated heterocycles. The van der Waals surface area contributed by atoms with Gasteiger partial charge in [-0.05, 0) is 49.1 Å². The number of aryl methyl sites for hydroxylation is 1. The summed E-state index contributed by atoms with van der Waals surface area (Å²) in [6.07, 6.45) is 2.95. The maximum atomic E-state index is 12.7. The number of carbonyl (C=O) groups excluding carboxylic acids is 1. The predicted octanol–water partition coefficient (Wildman–Crippen LogP) is 2.93. The number of hydrogen-bond acceptors (Lipinski definition) is 3. The third-order valence-corrected chi connectivity index (χ3v) is 5.70. The van der Waals surface area contributed by atoms with Gasteiger partial charge in [0.15, 0.2) is 0 Å². The molecular weight excluding hydrogens is 378 g/mol. The Morgan fingerprint density at radius 3 is 2.50 bits per heavy atom. The molecule has 1 aliphatic carbocycles. The highest BCUT2D eigenvalue weighted by Gasteiger charge is 2.39. The Bertz CT molecular complexity index is 1140. The van der Waals surface area contributed by atoms with Gasteiger partial charge >= 0.3 is 5.69 Å². The quantitative estimate of drug-likeness (QED) is 0.694. The van der Waals surface area contributed by atoms with Gasteiger partial charge in [0.2, 0.25) is 5.91 Å². The summed E-state index contributed by atoms with van der Waals surface area (Å²) in [6, 6.07) is 14.4. The molecule has 1 aromatic heterocycles. The molecule has 3 aromatic rings. The SMILES string of the molecule is O=C(CCn1c(=O)[nH]c(=O)c2ccccc21)NC1(c2ccc(Cl)cc2)CCC1. The molecule has 1 saturated carbocycles. The molecule has 1 heterocycles. The number of aromatic amines is 1. The number of hydrogen-bond donors (Lipinski definition) is 2. The summed E-state index contributed by atoms with van der Waals surface area (Å²) in [5, 5.41) is 4.24. The topological polar surface area (TPSA) is 84.0 Å². The van der Waals surface area contributed by atoms with E-state index in [1.54, 1.807) is 24.3 Å². The van der Waals surface area contributed by atoms with E-state index in [-0.39, 0.29) is 24.4 Å². The van der Waals surface area contributed by atoms with Gasteiger partial charge in [-0.1, -0.05) is 35.9 Å². The van der Waals surface area contributed by atoms with Gasteiger partial charge in [-0.25, -0.2) is 4.79 Å². The maximum absolute atomic E-state index is 12.7. The van der Waals surface area contributed by atoms with Crippen LogP contribution in [0.4, 0.5) is 0 Å². The number of rotatable bonds is 5. The standard InChI is InChI=1S/C21H20ClN3O3/c22-15-8-6-14(7-9-15)21(11-3-12-21)24-18(26)10-13-25-17-5-2-1-4-16(17)19(27)23-20(25)28/h1-2,4-9H,3,10-13H2,(H,24,26)(H,23,27,28). The lowest BCUT2D eigenvalue weighted by Gasteiger charge is -2.43. The van der Waals surface area contributed by atoms with E-state index < -0.39 is 11.2 Å². The normalized spacial score (nSPS) is 15.2. The highest BCUT2D eigenvalue weighted by atomic mass is 35.5. The molecule has 0 bridgehead atoms. The number of para-hydroxylation sites is 1. The minimum Gasteiger partial charge on any atom is -0.347 e. The molecule has 0 atom stereocenters. The van der Waals surface area contributed by atoms with Crippen molar-refractivity contribution in [3.8, 4) is 0 Å². The third-order valence-electron chi connectivity index (χ3n) is 5.45. The fourth-order valence-electron chi connectivity index (χ4n) is 3.79. The molecular formula is C21H20ClN3O3. The first kappa shape index (κ1) is 18.5. The fraction of sp³-hybridized carbons (Fsp3) is 0.286. The van der Waals surface area contributed by atoms with E-state index in [9.17, 15) is 14.4 Å². The van der Waals surface area contributed by atoms with Crippen molar-refractivity contribution in [3.05, 3.63) is 80.0 Å². The van der Waals surface area contributed by atoms with Crippen LogP contribution in [0.15, 0.2) is 58.1 Å². The smallest absolute Gasteiger partial charge is 0.328 e. The van der Waals surface area contributed by atoms with Gasteiger partial charge in [0.25, 0.3) is 5.56 Å². The van der Waals surface area contributed by atoms with Crippen molar-refractivity contribution in [1.82, 2.24) is 14.9 Å². The van der Waals surface area contributed by atoms with Crippen molar-refractivity contribution < 1.29 is 4.79 Å². The zero-order valence-electron chi connectivity index (χ0n) is 15.2. The van der Waals surface area contributed by atoms with Crippen LogP contribution < -0.4 is 16.6 Å². The first-order valence-electron chi connectivity index (χ1n) is 9.27. The lowest BCUT2D eigenvalue weighted by molar-refractivity contribution is -0.124. The molecule has 144 valence electrons. The number of amides is 1. The van der Waals surface area contributed by atoms with Crippen LogP contribution in [-0.2, 0) is 16.9 Å². The molecule has 0 unspecified atom stereocenters.